The van der Waals surface area contributed by atoms with Crippen LogP contribution in [-0.4, -0.2) is 18.5 Å². The maximum Gasteiger partial charge on any atom is 0.238 e. The predicted octanol–water partition coefficient (Wildman–Crippen LogP) is 4.92. The molecule has 0 bridgehead atoms. The van der Waals surface area contributed by atoms with E-state index in [9.17, 15) is 4.79 Å². The lowest BCUT2D eigenvalue weighted by atomic mass is 9.97. The molecule has 1 aliphatic rings. The third-order valence-corrected chi connectivity index (χ3v) is 5.19. The molecule has 3 heteroatoms. The van der Waals surface area contributed by atoms with Crippen molar-refractivity contribution in [2.45, 2.75) is 57.4 Å². The van der Waals surface area contributed by atoms with E-state index in [2.05, 4.69) is 41.0 Å². The van der Waals surface area contributed by atoms with Gasteiger partial charge in [-0.3, -0.25) is 4.79 Å². The first-order valence-corrected chi connectivity index (χ1v) is 9.96. The van der Waals surface area contributed by atoms with Crippen LogP contribution < -0.4 is 10.6 Å². The van der Waals surface area contributed by atoms with Crippen LogP contribution in [0.1, 0.15) is 56.1 Å². The van der Waals surface area contributed by atoms with Crippen LogP contribution in [0.5, 0.6) is 0 Å². The Hall–Kier alpha value is -2.13. The molecule has 26 heavy (non-hydrogen) atoms. The Labute approximate surface area is 157 Å². The lowest BCUT2D eigenvalue weighted by Crippen LogP contribution is -2.36. The Balaban J connectivity index is 1.54. The number of amides is 1. The van der Waals surface area contributed by atoms with Gasteiger partial charge < -0.3 is 10.6 Å². The van der Waals surface area contributed by atoms with E-state index in [1.807, 2.05) is 24.3 Å². The molecule has 3 rings (SSSR count). The van der Waals surface area contributed by atoms with Crippen molar-refractivity contribution < 1.29 is 4.79 Å². The first-order chi connectivity index (χ1) is 12.8. The smallest absolute Gasteiger partial charge is 0.238 e. The van der Waals surface area contributed by atoms with Crippen molar-refractivity contribution in [2.24, 2.45) is 0 Å². The highest BCUT2D eigenvalue weighted by Crippen LogP contribution is 2.19. The molecule has 1 saturated carbocycles. The molecule has 2 N–H and O–H groups in total. The largest absolute Gasteiger partial charge is 0.325 e. The molecule has 0 spiro atoms. The first kappa shape index (κ1) is 18.7. The van der Waals surface area contributed by atoms with E-state index in [0.29, 0.717) is 12.6 Å². The zero-order chi connectivity index (χ0) is 18.0. The Kier molecular flexibility index (Phi) is 7.26. The monoisotopic (exact) mass is 350 g/mol. The topological polar surface area (TPSA) is 41.1 Å². The molecule has 0 aromatic heterocycles. The van der Waals surface area contributed by atoms with Gasteiger partial charge in [-0.05, 0) is 36.5 Å². The number of carbonyl (C=O) groups is 1. The molecule has 1 fully saturated rings. The number of hydrogen-bond donors (Lipinski definition) is 2. The van der Waals surface area contributed by atoms with Crippen molar-refractivity contribution in [3.8, 4) is 0 Å². The maximum atomic E-state index is 12.4. The van der Waals surface area contributed by atoms with Gasteiger partial charge >= 0.3 is 0 Å². The van der Waals surface area contributed by atoms with Gasteiger partial charge in [-0.1, -0.05) is 80.6 Å². The van der Waals surface area contributed by atoms with Crippen LogP contribution >= 0.6 is 0 Å². The first-order valence-electron chi connectivity index (χ1n) is 9.96. The van der Waals surface area contributed by atoms with E-state index in [0.717, 1.165) is 17.7 Å². The summed E-state index contributed by atoms with van der Waals surface area (Å²) in [5, 5.41) is 6.56. The molecule has 0 saturated heterocycles. The fourth-order valence-corrected chi connectivity index (χ4v) is 3.70. The van der Waals surface area contributed by atoms with Crippen molar-refractivity contribution in [1.29, 1.82) is 0 Å². The molecule has 1 amide bonds. The second-order valence-electron chi connectivity index (χ2n) is 7.29. The molecule has 2 aromatic rings. The number of nitrogens with one attached hydrogen (secondary N) is 2. The van der Waals surface area contributed by atoms with E-state index in [1.165, 1.54) is 50.5 Å². The molecule has 0 aliphatic heterocycles. The minimum atomic E-state index is 0.0487. The molecular formula is C23H30N2O. The van der Waals surface area contributed by atoms with Gasteiger partial charge in [0.05, 0.1) is 6.54 Å². The zero-order valence-corrected chi connectivity index (χ0v) is 15.5. The van der Waals surface area contributed by atoms with Gasteiger partial charge in [0.15, 0.2) is 0 Å². The van der Waals surface area contributed by atoms with E-state index in [1.54, 1.807) is 0 Å². The molecule has 0 radical (unpaired) electrons. The van der Waals surface area contributed by atoms with Crippen molar-refractivity contribution in [3.63, 3.8) is 0 Å². The summed E-state index contributed by atoms with van der Waals surface area (Å²) in [6.07, 6.45) is 9.79. The fraction of sp³-hybridized carbons (Fsp3) is 0.435. The van der Waals surface area contributed by atoms with Gasteiger partial charge in [0.1, 0.15) is 0 Å². The molecule has 0 atom stereocenters. The molecule has 138 valence electrons. The third-order valence-electron chi connectivity index (χ3n) is 5.19. The van der Waals surface area contributed by atoms with Crippen LogP contribution in [0, 0.1) is 0 Å². The van der Waals surface area contributed by atoms with Gasteiger partial charge in [0.2, 0.25) is 5.91 Å². The number of rotatable bonds is 6. The van der Waals surface area contributed by atoms with Crippen LogP contribution in [0.15, 0.2) is 54.6 Å². The van der Waals surface area contributed by atoms with Crippen molar-refractivity contribution in [2.75, 3.05) is 11.9 Å². The van der Waals surface area contributed by atoms with Crippen LogP contribution in [0.2, 0.25) is 0 Å². The van der Waals surface area contributed by atoms with Gasteiger partial charge in [0, 0.05) is 11.7 Å². The number of benzene rings is 2. The van der Waals surface area contributed by atoms with Gasteiger partial charge in [-0.15, -0.1) is 0 Å². The van der Waals surface area contributed by atoms with Gasteiger partial charge in [0.25, 0.3) is 0 Å². The lowest BCUT2D eigenvalue weighted by molar-refractivity contribution is -0.115. The second kappa shape index (κ2) is 10.1. The van der Waals surface area contributed by atoms with E-state index in [4.69, 9.17) is 0 Å². The van der Waals surface area contributed by atoms with Crippen LogP contribution in [0.3, 0.4) is 0 Å². The molecular weight excluding hydrogens is 320 g/mol. The standard InChI is InChI=1S/C23H30N2O/c26-23(18-24-21-14-7-2-1-3-8-15-21)25-22-16-10-9-13-20(22)17-19-11-5-4-6-12-19/h4-6,9-13,16,21,24H,1-3,7-8,14-15,17-18H2,(H,25,26). The molecule has 3 nitrogen and oxygen atoms in total. The zero-order valence-electron chi connectivity index (χ0n) is 15.5. The number of anilines is 1. The van der Waals surface area contributed by atoms with E-state index < -0.39 is 0 Å². The second-order valence-corrected chi connectivity index (χ2v) is 7.29. The molecule has 1 aliphatic carbocycles. The van der Waals surface area contributed by atoms with Crippen LogP contribution in [-0.2, 0) is 11.2 Å². The highest BCUT2D eigenvalue weighted by atomic mass is 16.1. The fourth-order valence-electron chi connectivity index (χ4n) is 3.70. The summed E-state index contributed by atoms with van der Waals surface area (Å²) in [7, 11) is 0. The SMILES string of the molecule is O=C(CNC1CCCCCCC1)Nc1ccccc1Cc1ccccc1. The molecule has 0 heterocycles. The highest BCUT2D eigenvalue weighted by molar-refractivity contribution is 5.93. The van der Waals surface area contributed by atoms with Crippen molar-refractivity contribution >= 4 is 11.6 Å². The third kappa shape index (κ3) is 5.99. The predicted molar refractivity (Wildman–Crippen MR) is 108 cm³/mol. The highest BCUT2D eigenvalue weighted by Gasteiger charge is 2.13. The summed E-state index contributed by atoms with van der Waals surface area (Å²) < 4.78 is 0. The summed E-state index contributed by atoms with van der Waals surface area (Å²) >= 11 is 0. The number of carbonyl (C=O) groups excluding carboxylic acids is 1. The summed E-state index contributed by atoms with van der Waals surface area (Å²) in [6, 6.07) is 18.9. The minimum absolute atomic E-state index is 0.0487. The summed E-state index contributed by atoms with van der Waals surface area (Å²) in [4.78, 5) is 12.4. The van der Waals surface area contributed by atoms with Gasteiger partial charge in [-0.25, -0.2) is 0 Å². The maximum absolute atomic E-state index is 12.4. The van der Waals surface area contributed by atoms with Gasteiger partial charge in [-0.2, -0.15) is 0 Å². The van der Waals surface area contributed by atoms with E-state index >= 15 is 0 Å². The molecule has 2 aromatic carbocycles. The molecule has 0 unspecified atom stereocenters. The summed E-state index contributed by atoms with van der Waals surface area (Å²) in [6.45, 7) is 0.393. The van der Waals surface area contributed by atoms with Crippen molar-refractivity contribution in [3.05, 3.63) is 65.7 Å². The van der Waals surface area contributed by atoms with E-state index in [-0.39, 0.29) is 5.91 Å². The normalized spacial score (nSPS) is 15.8. The van der Waals surface area contributed by atoms with Crippen LogP contribution in [0.25, 0.3) is 0 Å². The number of para-hydroxylation sites is 1. The lowest BCUT2D eigenvalue weighted by Gasteiger charge is -2.21. The average Bonchev–Trinajstić information content (AvgIpc) is 2.63. The quantitative estimate of drug-likeness (QED) is 0.776. The Morgan fingerprint density at radius 3 is 2.27 bits per heavy atom. The Morgan fingerprint density at radius 2 is 1.50 bits per heavy atom. The number of hydrogen-bond acceptors (Lipinski definition) is 2. The minimum Gasteiger partial charge on any atom is -0.325 e. The van der Waals surface area contributed by atoms with Crippen molar-refractivity contribution in [1.82, 2.24) is 5.32 Å². The Bertz CT molecular complexity index is 676. The van der Waals surface area contributed by atoms with Crippen LogP contribution in [0.4, 0.5) is 5.69 Å². The summed E-state index contributed by atoms with van der Waals surface area (Å²) in [5.41, 5.74) is 3.32. The average molecular weight is 351 g/mol. The summed E-state index contributed by atoms with van der Waals surface area (Å²) in [5.74, 6) is 0.0487. The Morgan fingerprint density at radius 1 is 0.846 bits per heavy atom.